The van der Waals surface area contributed by atoms with E-state index >= 15 is 0 Å². The van der Waals surface area contributed by atoms with Crippen molar-refractivity contribution >= 4 is 15.9 Å². The Kier molecular flexibility index (Phi) is 3.76. The van der Waals surface area contributed by atoms with Crippen LogP contribution < -0.4 is 4.74 Å². The minimum atomic E-state index is -0.578. The Morgan fingerprint density at radius 3 is 2.80 bits per heavy atom. The van der Waals surface area contributed by atoms with Crippen molar-refractivity contribution in [2.75, 3.05) is 0 Å². The van der Waals surface area contributed by atoms with Crippen molar-refractivity contribution in [3.05, 3.63) is 22.3 Å². The third kappa shape index (κ3) is 2.97. The molecule has 0 aliphatic rings. The molecule has 1 rings (SSSR count). The molecule has 0 N–H and O–H groups in total. The van der Waals surface area contributed by atoms with Crippen molar-refractivity contribution in [3.8, 4) is 18.2 Å². The molecule has 0 aliphatic heterocycles. The number of pyridine rings is 1. The molecular formula is C12H14BrNO. The zero-order valence-electron chi connectivity index (χ0n) is 9.17. The second-order valence-corrected chi connectivity index (χ2v) is 4.52. The van der Waals surface area contributed by atoms with Gasteiger partial charge in [-0.2, -0.15) is 0 Å². The molecule has 0 aromatic carbocycles. The fourth-order valence-corrected chi connectivity index (χ4v) is 1.50. The minimum absolute atomic E-state index is 0.578. The molecule has 0 radical (unpaired) electrons. The summed E-state index contributed by atoms with van der Waals surface area (Å²) in [6.07, 6.45) is 7.89. The van der Waals surface area contributed by atoms with Gasteiger partial charge in [0.15, 0.2) is 5.60 Å². The minimum Gasteiger partial charge on any atom is -0.458 e. The number of halogens is 1. The van der Waals surface area contributed by atoms with Crippen molar-refractivity contribution in [1.29, 1.82) is 0 Å². The average molecular weight is 268 g/mol. The van der Waals surface area contributed by atoms with Crippen LogP contribution >= 0.6 is 15.9 Å². The number of hydrogen-bond acceptors (Lipinski definition) is 2. The van der Waals surface area contributed by atoms with Crippen LogP contribution in [0, 0.1) is 19.3 Å². The SMILES string of the molecule is C#CC(C)(CC)Oc1ncc(Br)cc1C. The van der Waals surface area contributed by atoms with Gasteiger partial charge in [-0.1, -0.05) is 12.8 Å². The van der Waals surface area contributed by atoms with E-state index in [0.717, 1.165) is 16.5 Å². The number of terminal acetylenes is 1. The molecule has 15 heavy (non-hydrogen) atoms. The second-order valence-electron chi connectivity index (χ2n) is 3.61. The molecule has 1 atom stereocenters. The molecule has 0 saturated heterocycles. The maximum absolute atomic E-state index is 5.72. The fraction of sp³-hybridized carbons (Fsp3) is 0.417. The van der Waals surface area contributed by atoms with Gasteiger partial charge >= 0.3 is 0 Å². The Morgan fingerprint density at radius 2 is 2.33 bits per heavy atom. The number of hydrogen-bond donors (Lipinski definition) is 0. The monoisotopic (exact) mass is 267 g/mol. The summed E-state index contributed by atoms with van der Waals surface area (Å²) in [7, 11) is 0. The summed E-state index contributed by atoms with van der Waals surface area (Å²) in [6, 6.07) is 1.95. The number of nitrogens with zero attached hydrogens (tertiary/aromatic N) is 1. The largest absolute Gasteiger partial charge is 0.458 e. The lowest BCUT2D eigenvalue weighted by atomic mass is 10.1. The van der Waals surface area contributed by atoms with Gasteiger partial charge in [0, 0.05) is 16.2 Å². The average Bonchev–Trinajstić information content (AvgIpc) is 2.22. The van der Waals surface area contributed by atoms with E-state index in [4.69, 9.17) is 11.2 Å². The number of ether oxygens (including phenoxy) is 1. The lowest BCUT2D eigenvalue weighted by Crippen LogP contribution is -2.29. The standard InChI is InChI=1S/C12H14BrNO/c1-5-12(4,6-2)15-11-9(3)7-10(13)8-14-11/h1,7-8H,6H2,2-4H3. The van der Waals surface area contributed by atoms with Crippen LogP contribution in [-0.4, -0.2) is 10.6 Å². The maximum Gasteiger partial charge on any atom is 0.217 e. The molecule has 0 spiro atoms. The molecule has 0 fully saturated rings. The molecule has 1 heterocycles. The predicted molar refractivity (Wildman–Crippen MR) is 64.8 cm³/mol. The summed E-state index contributed by atoms with van der Waals surface area (Å²) in [6.45, 7) is 5.82. The Bertz CT molecular complexity index is 397. The van der Waals surface area contributed by atoms with Gasteiger partial charge in [-0.3, -0.25) is 0 Å². The molecule has 2 nitrogen and oxygen atoms in total. The van der Waals surface area contributed by atoms with Crippen LogP contribution in [0.2, 0.25) is 0 Å². The number of rotatable bonds is 3. The first-order chi connectivity index (χ1) is 7.00. The van der Waals surface area contributed by atoms with Crippen LogP contribution in [0.5, 0.6) is 5.88 Å². The highest BCUT2D eigenvalue weighted by Crippen LogP contribution is 2.24. The van der Waals surface area contributed by atoms with Gasteiger partial charge in [-0.15, -0.1) is 6.42 Å². The Balaban J connectivity index is 2.95. The van der Waals surface area contributed by atoms with E-state index < -0.39 is 5.60 Å². The smallest absolute Gasteiger partial charge is 0.217 e. The van der Waals surface area contributed by atoms with Crippen molar-refractivity contribution < 1.29 is 4.74 Å². The van der Waals surface area contributed by atoms with Crippen LogP contribution in [0.1, 0.15) is 25.8 Å². The van der Waals surface area contributed by atoms with E-state index in [0.29, 0.717) is 5.88 Å². The number of aromatic nitrogens is 1. The van der Waals surface area contributed by atoms with E-state index in [1.165, 1.54) is 0 Å². The second kappa shape index (κ2) is 4.67. The highest BCUT2D eigenvalue weighted by atomic mass is 79.9. The van der Waals surface area contributed by atoms with Crippen LogP contribution in [-0.2, 0) is 0 Å². The van der Waals surface area contributed by atoms with Crippen molar-refractivity contribution in [1.82, 2.24) is 4.98 Å². The summed E-state index contributed by atoms with van der Waals surface area (Å²) in [4.78, 5) is 4.19. The highest BCUT2D eigenvalue weighted by Gasteiger charge is 2.22. The fourth-order valence-electron chi connectivity index (χ4n) is 1.05. The molecule has 0 bridgehead atoms. The molecule has 0 saturated carbocycles. The van der Waals surface area contributed by atoms with Gasteiger partial charge in [-0.25, -0.2) is 4.98 Å². The summed E-state index contributed by atoms with van der Waals surface area (Å²) in [5.41, 5.74) is 0.394. The third-order valence-corrected chi connectivity index (χ3v) is 2.73. The van der Waals surface area contributed by atoms with Gasteiger partial charge in [0.1, 0.15) is 0 Å². The quantitative estimate of drug-likeness (QED) is 0.784. The molecule has 1 unspecified atom stereocenters. The van der Waals surface area contributed by atoms with Crippen LogP contribution in [0.15, 0.2) is 16.7 Å². The first-order valence-corrected chi connectivity index (χ1v) is 5.59. The normalized spacial score (nSPS) is 14.1. The van der Waals surface area contributed by atoms with E-state index in [9.17, 15) is 0 Å². The Labute approximate surface area is 99.2 Å². The van der Waals surface area contributed by atoms with Crippen molar-refractivity contribution in [2.24, 2.45) is 0 Å². The maximum atomic E-state index is 5.72. The highest BCUT2D eigenvalue weighted by molar-refractivity contribution is 9.10. The van der Waals surface area contributed by atoms with E-state index in [1.807, 2.05) is 26.8 Å². The van der Waals surface area contributed by atoms with Gasteiger partial charge in [0.25, 0.3) is 0 Å². The predicted octanol–water partition coefficient (Wildman–Crippen LogP) is 3.33. The van der Waals surface area contributed by atoms with E-state index in [1.54, 1.807) is 6.20 Å². The third-order valence-electron chi connectivity index (χ3n) is 2.30. The zero-order chi connectivity index (χ0) is 11.5. The summed E-state index contributed by atoms with van der Waals surface area (Å²) in [5.74, 6) is 3.24. The lowest BCUT2D eigenvalue weighted by Gasteiger charge is -2.23. The summed E-state index contributed by atoms with van der Waals surface area (Å²) >= 11 is 3.35. The Hall–Kier alpha value is -1.01. The summed E-state index contributed by atoms with van der Waals surface area (Å²) in [5, 5.41) is 0. The molecule has 3 heteroatoms. The number of aryl methyl sites for hydroxylation is 1. The molecule has 0 amide bonds. The van der Waals surface area contributed by atoms with Crippen LogP contribution in [0.25, 0.3) is 0 Å². The molecular weight excluding hydrogens is 254 g/mol. The van der Waals surface area contributed by atoms with Gasteiger partial charge in [-0.05, 0) is 42.3 Å². The lowest BCUT2D eigenvalue weighted by molar-refractivity contribution is 0.138. The van der Waals surface area contributed by atoms with Gasteiger partial charge in [0.2, 0.25) is 5.88 Å². The molecule has 0 aliphatic carbocycles. The first-order valence-electron chi connectivity index (χ1n) is 4.79. The summed E-state index contributed by atoms with van der Waals surface area (Å²) < 4.78 is 6.65. The van der Waals surface area contributed by atoms with Gasteiger partial charge in [0.05, 0.1) is 0 Å². The van der Waals surface area contributed by atoms with Crippen LogP contribution in [0.3, 0.4) is 0 Å². The van der Waals surface area contributed by atoms with Crippen molar-refractivity contribution in [2.45, 2.75) is 32.8 Å². The topological polar surface area (TPSA) is 22.1 Å². The Morgan fingerprint density at radius 1 is 1.67 bits per heavy atom. The molecule has 80 valence electrons. The molecule has 1 aromatic rings. The van der Waals surface area contributed by atoms with Crippen LogP contribution in [0.4, 0.5) is 0 Å². The molecule has 1 aromatic heterocycles. The van der Waals surface area contributed by atoms with E-state index in [-0.39, 0.29) is 0 Å². The van der Waals surface area contributed by atoms with Gasteiger partial charge < -0.3 is 4.74 Å². The first kappa shape index (κ1) is 12.1. The zero-order valence-corrected chi connectivity index (χ0v) is 10.8. The van der Waals surface area contributed by atoms with E-state index in [2.05, 4.69) is 26.8 Å². The van der Waals surface area contributed by atoms with Crippen molar-refractivity contribution in [3.63, 3.8) is 0 Å².